The molecule has 102 valence electrons. The predicted molar refractivity (Wildman–Crippen MR) is 75.0 cm³/mol. The Morgan fingerprint density at radius 3 is 2.85 bits per heavy atom. The van der Waals surface area contributed by atoms with E-state index in [0.29, 0.717) is 12.1 Å². The highest BCUT2D eigenvalue weighted by atomic mass is 19.1. The summed E-state index contributed by atoms with van der Waals surface area (Å²) in [5.74, 6) is 1.26. The van der Waals surface area contributed by atoms with E-state index in [1.807, 2.05) is 19.9 Å². The van der Waals surface area contributed by atoms with Gasteiger partial charge in [-0.3, -0.25) is 0 Å². The zero-order valence-electron chi connectivity index (χ0n) is 11.3. The van der Waals surface area contributed by atoms with E-state index in [-0.39, 0.29) is 5.82 Å². The van der Waals surface area contributed by atoms with Crippen molar-refractivity contribution in [3.63, 3.8) is 0 Å². The van der Waals surface area contributed by atoms with E-state index >= 15 is 0 Å². The Labute approximate surface area is 115 Å². The van der Waals surface area contributed by atoms with Crippen molar-refractivity contribution in [3.05, 3.63) is 53.4 Å². The van der Waals surface area contributed by atoms with E-state index in [0.717, 1.165) is 28.2 Å². The number of halogens is 1. The SMILES string of the molecule is Cc1cc(NCc2oc3ccc(F)cc3c2C)ncn1. The normalized spacial score (nSPS) is 10.9. The molecule has 0 spiro atoms. The van der Waals surface area contributed by atoms with Crippen LogP contribution in [0.15, 0.2) is 35.0 Å². The van der Waals surface area contributed by atoms with Crippen LogP contribution in [-0.2, 0) is 6.54 Å². The molecule has 0 bridgehead atoms. The Hall–Kier alpha value is -2.43. The highest BCUT2D eigenvalue weighted by molar-refractivity contribution is 5.82. The minimum atomic E-state index is -0.257. The Kier molecular flexibility index (Phi) is 3.10. The van der Waals surface area contributed by atoms with Crippen LogP contribution in [-0.4, -0.2) is 9.97 Å². The Morgan fingerprint density at radius 1 is 1.20 bits per heavy atom. The summed E-state index contributed by atoms with van der Waals surface area (Å²) in [6.45, 7) is 4.33. The van der Waals surface area contributed by atoms with Gasteiger partial charge < -0.3 is 9.73 Å². The van der Waals surface area contributed by atoms with E-state index in [1.54, 1.807) is 6.07 Å². The first kappa shape index (κ1) is 12.6. The standard InChI is InChI=1S/C15H14FN3O/c1-9-5-15(19-8-18-9)17-7-14-10(2)12-6-11(16)3-4-13(12)20-14/h3-6,8H,7H2,1-2H3,(H,17,18,19). The molecular weight excluding hydrogens is 257 g/mol. The molecule has 0 saturated carbocycles. The second-order valence-electron chi connectivity index (χ2n) is 4.69. The summed E-state index contributed by atoms with van der Waals surface area (Å²) in [6.07, 6.45) is 1.51. The summed E-state index contributed by atoms with van der Waals surface area (Å²) in [5, 5.41) is 3.99. The molecule has 1 aromatic carbocycles. The summed E-state index contributed by atoms with van der Waals surface area (Å²) < 4.78 is 19.0. The predicted octanol–water partition coefficient (Wildman–Crippen LogP) is 3.59. The molecule has 3 aromatic rings. The summed E-state index contributed by atoms with van der Waals surface area (Å²) >= 11 is 0. The van der Waals surface area contributed by atoms with Crippen LogP contribution in [0.1, 0.15) is 17.0 Å². The molecule has 0 amide bonds. The number of fused-ring (bicyclic) bond motifs is 1. The molecule has 2 aromatic heterocycles. The number of hydrogen-bond acceptors (Lipinski definition) is 4. The van der Waals surface area contributed by atoms with Crippen molar-refractivity contribution in [1.29, 1.82) is 0 Å². The van der Waals surface area contributed by atoms with Gasteiger partial charge in [-0.1, -0.05) is 0 Å². The van der Waals surface area contributed by atoms with Crippen LogP contribution in [0.5, 0.6) is 0 Å². The van der Waals surface area contributed by atoms with Crippen LogP contribution in [0, 0.1) is 19.7 Å². The number of aryl methyl sites for hydroxylation is 2. The van der Waals surface area contributed by atoms with Crippen LogP contribution < -0.4 is 5.32 Å². The molecule has 0 aliphatic rings. The fraction of sp³-hybridized carbons (Fsp3) is 0.200. The van der Waals surface area contributed by atoms with Crippen molar-refractivity contribution >= 4 is 16.8 Å². The molecule has 0 saturated heterocycles. The van der Waals surface area contributed by atoms with Crippen molar-refractivity contribution in [2.24, 2.45) is 0 Å². The number of benzene rings is 1. The molecule has 0 unspecified atom stereocenters. The summed E-state index contributed by atoms with van der Waals surface area (Å²) in [7, 11) is 0. The van der Waals surface area contributed by atoms with Gasteiger partial charge in [-0.25, -0.2) is 14.4 Å². The molecular formula is C15H14FN3O. The Bertz CT molecular complexity index is 767. The first-order valence-electron chi connectivity index (χ1n) is 6.33. The highest BCUT2D eigenvalue weighted by Gasteiger charge is 2.11. The Morgan fingerprint density at radius 2 is 2.05 bits per heavy atom. The number of furan rings is 1. The third-order valence-electron chi connectivity index (χ3n) is 3.23. The van der Waals surface area contributed by atoms with E-state index in [2.05, 4.69) is 15.3 Å². The zero-order chi connectivity index (χ0) is 14.1. The third-order valence-corrected chi connectivity index (χ3v) is 3.23. The number of aromatic nitrogens is 2. The van der Waals surface area contributed by atoms with E-state index in [1.165, 1.54) is 18.5 Å². The van der Waals surface area contributed by atoms with Crippen molar-refractivity contribution in [2.45, 2.75) is 20.4 Å². The van der Waals surface area contributed by atoms with Crippen molar-refractivity contribution < 1.29 is 8.81 Å². The van der Waals surface area contributed by atoms with E-state index in [4.69, 9.17) is 4.42 Å². The third kappa shape index (κ3) is 2.34. The lowest BCUT2D eigenvalue weighted by Gasteiger charge is -2.04. The van der Waals surface area contributed by atoms with Crippen LogP contribution in [0.2, 0.25) is 0 Å². The molecule has 0 atom stereocenters. The monoisotopic (exact) mass is 271 g/mol. The maximum Gasteiger partial charge on any atom is 0.134 e. The average molecular weight is 271 g/mol. The Balaban J connectivity index is 1.86. The average Bonchev–Trinajstić information content (AvgIpc) is 2.73. The molecule has 0 aliphatic heterocycles. The molecule has 0 fully saturated rings. The quantitative estimate of drug-likeness (QED) is 0.791. The molecule has 4 nitrogen and oxygen atoms in total. The molecule has 3 rings (SSSR count). The van der Waals surface area contributed by atoms with Gasteiger partial charge in [0.05, 0.1) is 6.54 Å². The number of rotatable bonds is 3. The number of hydrogen-bond donors (Lipinski definition) is 1. The topological polar surface area (TPSA) is 51.0 Å². The fourth-order valence-corrected chi connectivity index (χ4v) is 2.13. The summed E-state index contributed by atoms with van der Waals surface area (Å²) in [4.78, 5) is 8.17. The van der Waals surface area contributed by atoms with E-state index in [9.17, 15) is 4.39 Å². The lowest BCUT2D eigenvalue weighted by atomic mass is 10.1. The second kappa shape index (κ2) is 4.92. The zero-order valence-corrected chi connectivity index (χ0v) is 11.3. The van der Waals surface area contributed by atoms with Gasteiger partial charge in [-0.05, 0) is 32.0 Å². The minimum absolute atomic E-state index is 0.257. The van der Waals surface area contributed by atoms with Gasteiger partial charge in [0.15, 0.2) is 0 Å². The molecule has 5 heteroatoms. The maximum atomic E-state index is 13.2. The van der Waals surface area contributed by atoms with Crippen molar-refractivity contribution in [3.8, 4) is 0 Å². The highest BCUT2D eigenvalue weighted by Crippen LogP contribution is 2.26. The largest absolute Gasteiger partial charge is 0.459 e. The van der Waals surface area contributed by atoms with Gasteiger partial charge in [0, 0.05) is 22.7 Å². The van der Waals surface area contributed by atoms with Crippen LogP contribution in [0.3, 0.4) is 0 Å². The molecule has 2 heterocycles. The molecule has 1 N–H and O–H groups in total. The van der Waals surface area contributed by atoms with Gasteiger partial charge in [0.25, 0.3) is 0 Å². The smallest absolute Gasteiger partial charge is 0.134 e. The molecule has 0 radical (unpaired) electrons. The van der Waals surface area contributed by atoms with Gasteiger partial charge in [0.1, 0.15) is 29.3 Å². The fourth-order valence-electron chi connectivity index (χ4n) is 2.13. The number of nitrogens with one attached hydrogen (secondary N) is 1. The van der Waals surface area contributed by atoms with Crippen LogP contribution in [0.4, 0.5) is 10.2 Å². The van der Waals surface area contributed by atoms with Gasteiger partial charge >= 0.3 is 0 Å². The van der Waals surface area contributed by atoms with Gasteiger partial charge in [-0.2, -0.15) is 0 Å². The van der Waals surface area contributed by atoms with Crippen molar-refractivity contribution in [1.82, 2.24) is 9.97 Å². The summed E-state index contributed by atoms with van der Waals surface area (Å²) in [5.41, 5.74) is 2.53. The van der Waals surface area contributed by atoms with Gasteiger partial charge in [0.2, 0.25) is 0 Å². The first-order valence-corrected chi connectivity index (χ1v) is 6.33. The second-order valence-corrected chi connectivity index (χ2v) is 4.69. The molecule has 0 aliphatic carbocycles. The lowest BCUT2D eigenvalue weighted by molar-refractivity contribution is 0.554. The van der Waals surface area contributed by atoms with Crippen LogP contribution >= 0.6 is 0 Å². The lowest BCUT2D eigenvalue weighted by Crippen LogP contribution is -2.02. The van der Waals surface area contributed by atoms with Crippen LogP contribution in [0.25, 0.3) is 11.0 Å². The summed E-state index contributed by atoms with van der Waals surface area (Å²) in [6, 6.07) is 6.40. The molecule has 20 heavy (non-hydrogen) atoms. The minimum Gasteiger partial charge on any atom is -0.459 e. The maximum absolute atomic E-state index is 13.2. The van der Waals surface area contributed by atoms with Crippen molar-refractivity contribution in [2.75, 3.05) is 5.32 Å². The number of nitrogens with zero attached hydrogens (tertiary/aromatic N) is 2. The van der Waals surface area contributed by atoms with E-state index < -0.39 is 0 Å². The number of anilines is 1. The first-order chi connectivity index (χ1) is 9.63. The van der Waals surface area contributed by atoms with Gasteiger partial charge in [-0.15, -0.1) is 0 Å².